The van der Waals surface area contributed by atoms with Crippen LogP contribution in [0.5, 0.6) is 5.75 Å². The number of amides is 1. The number of fused-ring (bicyclic) bond motifs is 1. The van der Waals surface area contributed by atoms with Crippen molar-refractivity contribution in [3.8, 4) is 11.8 Å². The number of nitrogens with one attached hydrogen (secondary N) is 1. The van der Waals surface area contributed by atoms with Gasteiger partial charge in [0.1, 0.15) is 31.4 Å². The maximum absolute atomic E-state index is 13.5. The van der Waals surface area contributed by atoms with Crippen LogP contribution >= 0.6 is 0 Å². The summed E-state index contributed by atoms with van der Waals surface area (Å²) >= 11 is 0. The number of halogens is 2. The van der Waals surface area contributed by atoms with Gasteiger partial charge in [-0.25, -0.2) is 13.6 Å². The van der Waals surface area contributed by atoms with Gasteiger partial charge in [0.25, 0.3) is 5.92 Å². The van der Waals surface area contributed by atoms with Gasteiger partial charge in [0.15, 0.2) is 0 Å². The van der Waals surface area contributed by atoms with E-state index in [1.807, 2.05) is 30.3 Å². The van der Waals surface area contributed by atoms with E-state index in [0.29, 0.717) is 36.3 Å². The molecule has 0 aromatic heterocycles. The summed E-state index contributed by atoms with van der Waals surface area (Å²) in [6.07, 6.45) is 1.90. The topological polar surface area (TPSA) is 93.0 Å². The summed E-state index contributed by atoms with van der Waals surface area (Å²) in [7, 11) is 0. The lowest BCUT2D eigenvalue weighted by molar-refractivity contribution is 0.0173. The Morgan fingerprint density at radius 2 is 1.89 bits per heavy atom. The highest BCUT2D eigenvalue weighted by molar-refractivity contribution is 5.84. The van der Waals surface area contributed by atoms with Gasteiger partial charge in [0.2, 0.25) is 0 Å². The predicted octanol–water partition coefficient (Wildman–Crippen LogP) is 7.58. The van der Waals surface area contributed by atoms with E-state index in [9.17, 15) is 18.8 Å². The number of carbonyl (C=O) groups is 1. The van der Waals surface area contributed by atoms with Crippen LogP contribution in [0.15, 0.2) is 66.7 Å². The van der Waals surface area contributed by atoms with Crippen LogP contribution < -0.4 is 15.0 Å². The van der Waals surface area contributed by atoms with Crippen LogP contribution in [0, 0.1) is 11.3 Å². The van der Waals surface area contributed by atoms with Crippen LogP contribution in [0.4, 0.5) is 25.0 Å². The van der Waals surface area contributed by atoms with Gasteiger partial charge >= 0.3 is 6.09 Å². The Balaban J connectivity index is 1.14. The van der Waals surface area contributed by atoms with Crippen molar-refractivity contribution in [2.75, 3.05) is 30.2 Å². The number of hydrogen-bond donors (Lipinski definition) is 1. The van der Waals surface area contributed by atoms with Crippen molar-refractivity contribution in [1.29, 1.82) is 5.26 Å². The molecule has 0 bridgehead atoms. The Bertz CT molecular complexity index is 1510. The minimum atomic E-state index is -2.94. The minimum absolute atomic E-state index is 0.100. The number of rotatable bonds is 9. The Labute approximate surface area is 255 Å². The summed E-state index contributed by atoms with van der Waals surface area (Å²) in [5, 5.41) is 13.1. The third-order valence-corrected chi connectivity index (χ3v) is 8.63. The summed E-state index contributed by atoms with van der Waals surface area (Å²) in [4.78, 5) is 15.0. The van der Waals surface area contributed by atoms with Gasteiger partial charge < -0.3 is 23.8 Å². The van der Waals surface area contributed by atoms with Crippen molar-refractivity contribution in [3.05, 3.63) is 89.0 Å². The SMILES string of the molecule is CC(OC(=O)Nc1ccc(C2[C@H](C#N)c3cc(OCC4COCO4)ccc3N2C2CCC2)cc1)c1ccc(C(C)(F)F)cc1. The average Bonchev–Trinajstić information content (AvgIpc) is 3.61. The number of hydrogen-bond acceptors (Lipinski definition) is 7. The molecule has 1 saturated heterocycles. The van der Waals surface area contributed by atoms with Crippen molar-refractivity contribution in [2.45, 2.75) is 69.2 Å². The molecular weight excluding hydrogens is 568 g/mol. The lowest BCUT2D eigenvalue weighted by Gasteiger charge is -2.41. The van der Waals surface area contributed by atoms with Crippen molar-refractivity contribution in [3.63, 3.8) is 0 Å². The molecule has 4 atom stereocenters. The van der Waals surface area contributed by atoms with Crippen LogP contribution in [-0.4, -0.2) is 38.2 Å². The van der Waals surface area contributed by atoms with Crippen LogP contribution in [0.25, 0.3) is 0 Å². The number of carbonyl (C=O) groups excluding carboxylic acids is 1. The molecule has 230 valence electrons. The molecule has 44 heavy (non-hydrogen) atoms. The number of alkyl halides is 2. The predicted molar refractivity (Wildman–Crippen MR) is 160 cm³/mol. The van der Waals surface area contributed by atoms with E-state index in [2.05, 4.69) is 16.3 Å². The fourth-order valence-electron chi connectivity index (χ4n) is 6.01. The first-order valence-electron chi connectivity index (χ1n) is 14.9. The Morgan fingerprint density at radius 1 is 1.14 bits per heavy atom. The number of nitriles is 1. The summed E-state index contributed by atoms with van der Waals surface area (Å²) in [5.41, 5.74) is 4.02. The first-order valence-corrected chi connectivity index (χ1v) is 14.9. The van der Waals surface area contributed by atoms with Gasteiger partial charge in [-0.3, -0.25) is 5.32 Å². The maximum atomic E-state index is 13.5. The van der Waals surface area contributed by atoms with Crippen LogP contribution in [0.1, 0.15) is 73.4 Å². The molecule has 0 radical (unpaired) electrons. The van der Waals surface area contributed by atoms with Crippen molar-refractivity contribution in [1.82, 2.24) is 0 Å². The van der Waals surface area contributed by atoms with E-state index in [-0.39, 0.29) is 24.5 Å². The van der Waals surface area contributed by atoms with Gasteiger partial charge in [0.05, 0.1) is 24.6 Å². The van der Waals surface area contributed by atoms with E-state index >= 15 is 0 Å². The third-order valence-electron chi connectivity index (χ3n) is 8.63. The summed E-state index contributed by atoms with van der Waals surface area (Å²) < 4.78 is 49.3. The molecule has 2 heterocycles. The molecule has 1 saturated carbocycles. The quantitative estimate of drug-likeness (QED) is 0.270. The van der Waals surface area contributed by atoms with Crippen LogP contribution in [0.3, 0.4) is 0 Å². The Kier molecular flexibility index (Phi) is 8.43. The zero-order valence-corrected chi connectivity index (χ0v) is 24.7. The molecule has 3 aromatic rings. The lowest BCUT2D eigenvalue weighted by Crippen LogP contribution is -2.41. The molecule has 6 rings (SSSR count). The third kappa shape index (κ3) is 6.21. The van der Waals surface area contributed by atoms with Gasteiger partial charge in [-0.15, -0.1) is 0 Å². The minimum Gasteiger partial charge on any atom is -0.491 e. The lowest BCUT2D eigenvalue weighted by atomic mass is 9.87. The number of nitrogens with zero attached hydrogens (tertiary/aromatic N) is 2. The number of anilines is 2. The van der Waals surface area contributed by atoms with Gasteiger partial charge in [-0.2, -0.15) is 5.26 Å². The highest BCUT2D eigenvalue weighted by atomic mass is 19.3. The molecule has 1 amide bonds. The van der Waals surface area contributed by atoms with Gasteiger partial charge in [-0.1, -0.05) is 36.4 Å². The molecule has 2 fully saturated rings. The zero-order valence-electron chi connectivity index (χ0n) is 24.7. The Hall–Kier alpha value is -4.20. The van der Waals surface area contributed by atoms with E-state index in [0.717, 1.165) is 43.0 Å². The fraction of sp³-hybridized carbons (Fsp3) is 0.412. The second-order valence-corrected chi connectivity index (χ2v) is 11.7. The van der Waals surface area contributed by atoms with Crippen molar-refractivity contribution < 1.29 is 32.5 Å². The standard InChI is InChI=1S/C34H35F2N3O5/c1-21(22-6-10-24(11-7-22)34(2,35)36)44-33(40)38-25-12-8-23(9-13-25)32-30(17-37)29-16-27(42-19-28-18-41-20-43-28)14-15-31(29)39(32)26-4-3-5-26/h6-16,21,26,28,30,32H,3-5,18-20H2,1-2H3,(H,38,40)/t21?,28?,30-,32?/m1/s1. The molecule has 10 heteroatoms. The van der Waals surface area contributed by atoms with Crippen molar-refractivity contribution >= 4 is 17.5 Å². The molecule has 3 aliphatic rings. The van der Waals surface area contributed by atoms with Crippen LogP contribution in [-0.2, 0) is 20.1 Å². The second-order valence-electron chi connectivity index (χ2n) is 11.7. The van der Waals surface area contributed by atoms with E-state index in [1.54, 1.807) is 19.1 Å². The van der Waals surface area contributed by atoms with Gasteiger partial charge in [-0.05, 0) is 73.2 Å². The molecule has 0 spiro atoms. The van der Waals surface area contributed by atoms with Crippen LogP contribution in [0.2, 0.25) is 0 Å². The summed E-state index contributed by atoms with van der Waals surface area (Å²) in [5.74, 6) is -2.64. The summed E-state index contributed by atoms with van der Waals surface area (Å²) in [6.45, 7) is 3.69. The molecule has 1 N–H and O–H groups in total. The molecule has 3 aromatic carbocycles. The molecule has 3 unspecified atom stereocenters. The van der Waals surface area contributed by atoms with E-state index in [1.165, 1.54) is 24.3 Å². The monoisotopic (exact) mass is 603 g/mol. The number of ether oxygens (including phenoxy) is 4. The van der Waals surface area contributed by atoms with Crippen molar-refractivity contribution in [2.24, 2.45) is 0 Å². The first kappa shape index (κ1) is 29.9. The van der Waals surface area contributed by atoms with Gasteiger partial charge in [0, 0.05) is 29.9 Å². The molecular formula is C34H35F2N3O5. The normalized spacial score (nSPS) is 22.1. The maximum Gasteiger partial charge on any atom is 0.412 e. The smallest absolute Gasteiger partial charge is 0.412 e. The highest BCUT2D eigenvalue weighted by Crippen LogP contribution is 2.53. The fourth-order valence-corrected chi connectivity index (χ4v) is 6.01. The first-order chi connectivity index (χ1) is 21.2. The van der Waals surface area contributed by atoms with E-state index < -0.39 is 24.0 Å². The van der Waals surface area contributed by atoms with E-state index in [4.69, 9.17) is 18.9 Å². The summed E-state index contributed by atoms with van der Waals surface area (Å²) in [6, 6.07) is 21.9. The largest absolute Gasteiger partial charge is 0.491 e. The Morgan fingerprint density at radius 3 is 2.50 bits per heavy atom. The number of benzene rings is 3. The molecule has 8 nitrogen and oxygen atoms in total. The molecule has 1 aliphatic carbocycles. The zero-order chi connectivity index (χ0) is 30.8. The molecule has 2 aliphatic heterocycles. The highest BCUT2D eigenvalue weighted by Gasteiger charge is 2.44. The second kappa shape index (κ2) is 12.4. The average molecular weight is 604 g/mol.